The molecule has 3 heteroatoms. The standard InChI is InChI=1S/C5H10BNO/c1-4-5(8)2-3-7(4)6/h4H,2-3,6H2,1H3. The lowest BCUT2D eigenvalue weighted by Gasteiger charge is -2.11. The molecule has 1 rings (SSSR count). The van der Waals surface area contributed by atoms with Crippen molar-refractivity contribution in [2.75, 3.05) is 6.54 Å². The van der Waals surface area contributed by atoms with Crippen LogP contribution in [0.25, 0.3) is 0 Å². The summed E-state index contributed by atoms with van der Waals surface area (Å²) >= 11 is 0. The Bertz CT molecular complexity index is 115. The van der Waals surface area contributed by atoms with Crippen LogP contribution in [-0.4, -0.2) is 31.2 Å². The first kappa shape index (κ1) is 5.82. The van der Waals surface area contributed by atoms with Crippen LogP contribution in [-0.2, 0) is 4.79 Å². The largest absolute Gasteiger partial charge is 0.340 e. The molecule has 0 aliphatic carbocycles. The van der Waals surface area contributed by atoms with Gasteiger partial charge < -0.3 is 4.81 Å². The van der Waals surface area contributed by atoms with Crippen LogP contribution in [0.5, 0.6) is 0 Å². The first-order chi connectivity index (χ1) is 3.72. The molecule has 1 atom stereocenters. The molecule has 1 fully saturated rings. The number of rotatable bonds is 0. The maximum absolute atomic E-state index is 10.7. The number of carbonyl (C=O) groups excluding carboxylic acids is 1. The van der Waals surface area contributed by atoms with Gasteiger partial charge in [0.05, 0.1) is 6.04 Å². The van der Waals surface area contributed by atoms with Gasteiger partial charge >= 0.3 is 0 Å². The third-order valence-electron chi connectivity index (χ3n) is 1.84. The number of hydrogen-bond donors (Lipinski definition) is 0. The van der Waals surface area contributed by atoms with Gasteiger partial charge in [-0.3, -0.25) is 4.79 Å². The lowest BCUT2D eigenvalue weighted by atomic mass is 10.2. The molecule has 0 saturated carbocycles. The predicted octanol–water partition coefficient (Wildman–Crippen LogP) is -0.802. The number of ketones is 1. The highest BCUT2D eigenvalue weighted by Gasteiger charge is 2.23. The Morgan fingerprint density at radius 2 is 2.50 bits per heavy atom. The van der Waals surface area contributed by atoms with Crippen molar-refractivity contribution in [3.63, 3.8) is 0 Å². The second kappa shape index (κ2) is 1.90. The van der Waals surface area contributed by atoms with E-state index in [1.165, 1.54) is 0 Å². The fraction of sp³-hybridized carbons (Fsp3) is 0.800. The highest BCUT2D eigenvalue weighted by atomic mass is 16.1. The van der Waals surface area contributed by atoms with Gasteiger partial charge in [0.25, 0.3) is 0 Å². The lowest BCUT2D eigenvalue weighted by molar-refractivity contribution is -0.118. The summed E-state index contributed by atoms with van der Waals surface area (Å²) in [6.45, 7) is 2.90. The molecule has 0 spiro atoms. The minimum absolute atomic E-state index is 0.176. The Morgan fingerprint density at radius 1 is 1.88 bits per heavy atom. The van der Waals surface area contributed by atoms with Crippen molar-refractivity contribution in [3.05, 3.63) is 0 Å². The molecule has 1 aliphatic rings. The van der Waals surface area contributed by atoms with Crippen LogP contribution in [0.3, 0.4) is 0 Å². The van der Waals surface area contributed by atoms with E-state index in [4.69, 9.17) is 0 Å². The SMILES string of the molecule is BN1CCC(=O)C1C. The maximum Gasteiger partial charge on any atom is 0.186 e. The van der Waals surface area contributed by atoms with E-state index >= 15 is 0 Å². The van der Waals surface area contributed by atoms with Crippen LogP contribution in [0.1, 0.15) is 13.3 Å². The molecule has 1 heterocycles. The van der Waals surface area contributed by atoms with E-state index in [1.54, 1.807) is 0 Å². The molecule has 1 aliphatic heterocycles. The molecule has 2 nitrogen and oxygen atoms in total. The van der Waals surface area contributed by atoms with Crippen LogP contribution < -0.4 is 0 Å². The average Bonchev–Trinajstić information content (AvgIpc) is 1.98. The molecule has 0 bridgehead atoms. The van der Waals surface area contributed by atoms with E-state index < -0.39 is 0 Å². The number of hydrogen-bond acceptors (Lipinski definition) is 2. The molecule has 0 N–H and O–H groups in total. The van der Waals surface area contributed by atoms with Gasteiger partial charge in [-0.05, 0) is 13.5 Å². The summed E-state index contributed by atoms with van der Waals surface area (Å²) in [5, 5.41) is 0. The first-order valence-electron chi connectivity index (χ1n) is 2.95. The molecule has 1 unspecified atom stereocenters. The van der Waals surface area contributed by atoms with Crippen molar-refractivity contribution in [3.8, 4) is 0 Å². The van der Waals surface area contributed by atoms with Gasteiger partial charge in [-0.15, -0.1) is 0 Å². The molecular formula is C5H10BNO. The maximum atomic E-state index is 10.7. The summed E-state index contributed by atoms with van der Waals surface area (Å²) in [5.74, 6) is 0.382. The van der Waals surface area contributed by atoms with Gasteiger partial charge in [0.1, 0.15) is 5.78 Å². The van der Waals surface area contributed by atoms with Crippen molar-refractivity contribution in [1.29, 1.82) is 0 Å². The van der Waals surface area contributed by atoms with Gasteiger partial charge in [0.2, 0.25) is 0 Å². The summed E-state index contributed by atoms with van der Waals surface area (Å²) in [7, 11) is 1.98. The Hall–Kier alpha value is -0.305. The fourth-order valence-corrected chi connectivity index (χ4v) is 0.935. The van der Waals surface area contributed by atoms with Crippen LogP contribution in [0.2, 0.25) is 0 Å². The van der Waals surface area contributed by atoms with Crippen molar-refractivity contribution < 1.29 is 4.79 Å². The third-order valence-corrected chi connectivity index (χ3v) is 1.84. The van der Waals surface area contributed by atoms with Crippen molar-refractivity contribution >= 4 is 13.8 Å². The zero-order valence-electron chi connectivity index (χ0n) is 5.35. The molecule has 0 aromatic rings. The highest BCUT2D eigenvalue weighted by molar-refractivity contribution is 6.08. The van der Waals surface area contributed by atoms with Crippen molar-refractivity contribution in [2.24, 2.45) is 0 Å². The number of carbonyl (C=O) groups is 1. The number of Topliss-reactive ketones (excluding diaryl/α,β-unsaturated/α-hetero) is 1. The lowest BCUT2D eigenvalue weighted by Crippen LogP contribution is -2.27. The molecule has 0 aromatic carbocycles. The average molecular weight is 111 g/mol. The topological polar surface area (TPSA) is 20.3 Å². The Morgan fingerprint density at radius 3 is 2.62 bits per heavy atom. The van der Waals surface area contributed by atoms with Crippen molar-refractivity contribution in [2.45, 2.75) is 19.4 Å². The Kier molecular flexibility index (Phi) is 1.38. The molecule has 0 amide bonds. The Balaban J connectivity index is 2.56. The van der Waals surface area contributed by atoms with Crippen LogP contribution in [0.15, 0.2) is 0 Å². The normalized spacial score (nSPS) is 31.6. The van der Waals surface area contributed by atoms with Gasteiger partial charge in [0, 0.05) is 6.42 Å². The van der Waals surface area contributed by atoms with Crippen LogP contribution >= 0.6 is 0 Å². The minimum Gasteiger partial charge on any atom is -0.340 e. The van der Waals surface area contributed by atoms with E-state index in [0.29, 0.717) is 5.78 Å². The predicted molar refractivity (Wildman–Crippen MR) is 34.3 cm³/mol. The first-order valence-corrected chi connectivity index (χ1v) is 2.95. The van der Waals surface area contributed by atoms with Crippen LogP contribution in [0, 0.1) is 0 Å². The quantitative estimate of drug-likeness (QED) is 0.381. The molecule has 0 radical (unpaired) electrons. The van der Waals surface area contributed by atoms with E-state index in [9.17, 15) is 4.79 Å². The Labute approximate surface area is 50.3 Å². The van der Waals surface area contributed by atoms with Crippen LogP contribution in [0.4, 0.5) is 0 Å². The molecule has 1 saturated heterocycles. The molecule has 44 valence electrons. The minimum atomic E-state index is 0.176. The molecule has 8 heavy (non-hydrogen) atoms. The van der Waals surface area contributed by atoms with E-state index in [0.717, 1.165) is 13.0 Å². The number of nitrogens with zero attached hydrogens (tertiary/aromatic N) is 1. The summed E-state index contributed by atoms with van der Waals surface area (Å²) in [6.07, 6.45) is 0.748. The summed E-state index contributed by atoms with van der Waals surface area (Å²) in [6, 6.07) is 0.176. The van der Waals surface area contributed by atoms with E-state index in [1.807, 2.05) is 14.9 Å². The second-order valence-corrected chi connectivity index (χ2v) is 2.37. The third kappa shape index (κ3) is 0.779. The highest BCUT2D eigenvalue weighted by Crippen LogP contribution is 2.08. The monoisotopic (exact) mass is 111 g/mol. The fourth-order valence-electron chi connectivity index (χ4n) is 0.935. The molecule has 0 aromatic heterocycles. The zero-order valence-corrected chi connectivity index (χ0v) is 5.35. The van der Waals surface area contributed by atoms with Gasteiger partial charge in [-0.1, -0.05) is 0 Å². The van der Waals surface area contributed by atoms with Gasteiger partial charge in [-0.2, -0.15) is 0 Å². The summed E-state index contributed by atoms with van der Waals surface area (Å²) in [4.78, 5) is 12.8. The van der Waals surface area contributed by atoms with E-state index in [-0.39, 0.29) is 6.04 Å². The smallest absolute Gasteiger partial charge is 0.186 e. The second-order valence-electron chi connectivity index (χ2n) is 2.37. The summed E-state index contributed by atoms with van der Waals surface area (Å²) in [5.41, 5.74) is 0. The molecular weight excluding hydrogens is 101 g/mol. The van der Waals surface area contributed by atoms with Gasteiger partial charge in [-0.25, -0.2) is 0 Å². The summed E-state index contributed by atoms with van der Waals surface area (Å²) < 4.78 is 0. The van der Waals surface area contributed by atoms with E-state index in [2.05, 4.69) is 4.81 Å². The van der Waals surface area contributed by atoms with Crippen molar-refractivity contribution in [1.82, 2.24) is 4.81 Å². The zero-order chi connectivity index (χ0) is 6.15. The van der Waals surface area contributed by atoms with Gasteiger partial charge in [0.15, 0.2) is 7.98 Å².